The molecule has 0 bridgehead atoms. The Morgan fingerprint density at radius 3 is 2.55 bits per heavy atom. The summed E-state index contributed by atoms with van der Waals surface area (Å²) in [5.41, 5.74) is 7.66. The van der Waals surface area contributed by atoms with Crippen molar-refractivity contribution in [2.75, 3.05) is 25.9 Å². The van der Waals surface area contributed by atoms with Crippen LogP contribution in [0.5, 0.6) is 0 Å². The normalized spacial score (nSPS) is 11.3. The second-order valence-electron chi connectivity index (χ2n) is 5.29. The number of para-hydroxylation sites is 1. The second-order valence-corrected chi connectivity index (χ2v) is 5.29. The number of aryl methyl sites for hydroxylation is 1. The molecule has 1 aromatic carbocycles. The predicted octanol–water partition coefficient (Wildman–Crippen LogP) is 2.89. The fourth-order valence-electron chi connectivity index (χ4n) is 2.00. The minimum Gasteiger partial charge on any atom is -0.399 e. The van der Waals surface area contributed by atoms with E-state index in [4.69, 9.17) is 5.73 Å². The fraction of sp³-hybridized carbons (Fsp3) is 0.562. The van der Waals surface area contributed by atoms with E-state index in [1.165, 1.54) is 0 Å². The Balaban J connectivity index is 0. The van der Waals surface area contributed by atoms with Crippen LogP contribution in [0, 0.1) is 0 Å². The molecule has 6 heteroatoms. The van der Waals surface area contributed by atoms with Crippen molar-refractivity contribution in [3.8, 4) is 0 Å². The molecule has 128 valence electrons. The number of hydrogen-bond donors (Lipinski definition) is 2. The summed E-state index contributed by atoms with van der Waals surface area (Å²) in [6, 6.07) is 8.25. The van der Waals surface area contributed by atoms with Crippen molar-refractivity contribution in [3.63, 3.8) is 0 Å². The highest BCUT2D eigenvalue weighted by Crippen LogP contribution is 2.12. The van der Waals surface area contributed by atoms with E-state index >= 15 is 0 Å². The lowest BCUT2D eigenvalue weighted by atomic mass is 10.1. The predicted molar refractivity (Wildman–Crippen MR) is 99.1 cm³/mol. The molecule has 1 atom stereocenters. The van der Waals surface area contributed by atoms with E-state index in [0.29, 0.717) is 25.4 Å². The van der Waals surface area contributed by atoms with Gasteiger partial charge >= 0.3 is 0 Å². The monoisotopic (exact) mass is 349 g/mol. The smallest absolute Gasteiger partial charge is 0.220 e. The molecule has 1 unspecified atom stereocenters. The van der Waals surface area contributed by atoms with Crippen LogP contribution in [0.1, 0.15) is 32.3 Å². The van der Waals surface area contributed by atoms with E-state index in [1.54, 1.807) is 0 Å². The Kier molecular flexibility index (Phi) is 13.3. The van der Waals surface area contributed by atoms with Crippen molar-refractivity contribution in [1.82, 2.24) is 10.2 Å². The zero-order chi connectivity index (χ0) is 15.0. The Labute approximate surface area is 146 Å². The molecule has 0 aliphatic rings. The first kappa shape index (κ1) is 23.3. The summed E-state index contributed by atoms with van der Waals surface area (Å²) >= 11 is 0. The Morgan fingerprint density at radius 2 is 1.95 bits per heavy atom. The largest absolute Gasteiger partial charge is 0.399 e. The lowest BCUT2D eigenvalue weighted by Gasteiger charge is -2.23. The van der Waals surface area contributed by atoms with Gasteiger partial charge < -0.3 is 16.0 Å². The summed E-state index contributed by atoms with van der Waals surface area (Å²) in [6.07, 6.45) is 2.30. The molecule has 0 radical (unpaired) electrons. The molecule has 0 saturated carbocycles. The highest BCUT2D eigenvalue weighted by molar-refractivity contribution is 5.85. The molecule has 4 nitrogen and oxygen atoms in total. The highest BCUT2D eigenvalue weighted by atomic mass is 35.5. The van der Waals surface area contributed by atoms with Gasteiger partial charge in [-0.25, -0.2) is 0 Å². The van der Waals surface area contributed by atoms with Gasteiger partial charge in [0.2, 0.25) is 5.91 Å². The number of benzene rings is 1. The van der Waals surface area contributed by atoms with E-state index in [0.717, 1.165) is 24.2 Å². The SMILES string of the molecule is CCC(C)N(C)CCNC(=O)CCc1ccccc1N.Cl.Cl. The van der Waals surface area contributed by atoms with Crippen LogP contribution in [-0.4, -0.2) is 37.0 Å². The van der Waals surface area contributed by atoms with Gasteiger partial charge in [-0.15, -0.1) is 24.8 Å². The van der Waals surface area contributed by atoms with E-state index in [2.05, 4.69) is 31.1 Å². The Bertz CT molecular complexity index is 430. The molecule has 0 aromatic heterocycles. The van der Waals surface area contributed by atoms with Gasteiger partial charge in [-0.2, -0.15) is 0 Å². The van der Waals surface area contributed by atoms with Gasteiger partial charge in [0.05, 0.1) is 0 Å². The summed E-state index contributed by atoms with van der Waals surface area (Å²) in [6.45, 7) is 5.95. The van der Waals surface area contributed by atoms with Gasteiger partial charge in [0, 0.05) is 31.2 Å². The first-order chi connectivity index (χ1) is 9.54. The van der Waals surface area contributed by atoms with Crippen LogP contribution in [0.25, 0.3) is 0 Å². The van der Waals surface area contributed by atoms with Gasteiger partial charge in [-0.05, 0) is 38.4 Å². The molecule has 3 N–H and O–H groups in total. The maximum absolute atomic E-state index is 11.8. The molecule has 0 fully saturated rings. The van der Waals surface area contributed by atoms with Crippen molar-refractivity contribution in [1.29, 1.82) is 0 Å². The summed E-state index contributed by atoms with van der Waals surface area (Å²) in [7, 11) is 2.09. The van der Waals surface area contributed by atoms with Crippen molar-refractivity contribution in [2.45, 2.75) is 39.2 Å². The summed E-state index contributed by atoms with van der Waals surface area (Å²) < 4.78 is 0. The van der Waals surface area contributed by atoms with E-state index in [-0.39, 0.29) is 30.7 Å². The zero-order valence-corrected chi connectivity index (χ0v) is 15.3. The van der Waals surface area contributed by atoms with Gasteiger partial charge in [0.15, 0.2) is 0 Å². The topological polar surface area (TPSA) is 58.4 Å². The number of likely N-dealkylation sites (N-methyl/N-ethyl adjacent to an activating group) is 1. The number of nitrogen functional groups attached to an aromatic ring is 1. The van der Waals surface area contributed by atoms with E-state index in [1.807, 2.05) is 24.3 Å². The fourth-order valence-corrected chi connectivity index (χ4v) is 2.00. The minimum atomic E-state index is 0. The van der Waals surface area contributed by atoms with E-state index < -0.39 is 0 Å². The summed E-state index contributed by atoms with van der Waals surface area (Å²) in [5.74, 6) is 0.0887. The van der Waals surface area contributed by atoms with Crippen LogP contribution in [0.3, 0.4) is 0 Å². The number of rotatable bonds is 8. The molecular formula is C16H29Cl2N3O. The zero-order valence-electron chi connectivity index (χ0n) is 13.7. The Morgan fingerprint density at radius 1 is 1.32 bits per heavy atom. The third-order valence-corrected chi connectivity index (χ3v) is 3.81. The molecule has 1 amide bonds. The number of amides is 1. The van der Waals surface area contributed by atoms with Crippen molar-refractivity contribution in [2.24, 2.45) is 0 Å². The lowest BCUT2D eigenvalue weighted by molar-refractivity contribution is -0.121. The number of halogens is 2. The number of carbonyl (C=O) groups is 1. The first-order valence-corrected chi connectivity index (χ1v) is 7.35. The van der Waals surface area contributed by atoms with Crippen molar-refractivity contribution in [3.05, 3.63) is 29.8 Å². The maximum Gasteiger partial charge on any atom is 0.220 e. The van der Waals surface area contributed by atoms with Crippen molar-refractivity contribution < 1.29 is 4.79 Å². The van der Waals surface area contributed by atoms with Gasteiger partial charge in [-0.1, -0.05) is 25.1 Å². The van der Waals surface area contributed by atoms with Gasteiger partial charge in [-0.3, -0.25) is 4.79 Å². The standard InChI is InChI=1S/C16H27N3O.2ClH/c1-4-13(2)19(3)12-11-18-16(20)10-9-14-7-5-6-8-15(14)17;;/h5-8,13H,4,9-12,17H2,1-3H3,(H,18,20);2*1H. The van der Waals surface area contributed by atoms with E-state index in [9.17, 15) is 4.79 Å². The summed E-state index contributed by atoms with van der Waals surface area (Å²) in [5, 5.41) is 2.96. The van der Waals surface area contributed by atoms with Crippen LogP contribution >= 0.6 is 24.8 Å². The quantitative estimate of drug-likeness (QED) is 0.709. The maximum atomic E-state index is 11.8. The first-order valence-electron chi connectivity index (χ1n) is 7.35. The molecular weight excluding hydrogens is 321 g/mol. The molecule has 0 heterocycles. The van der Waals surface area contributed by atoms with Crippen LogP contribution in [0.15, 0.2) is 24.3 Å². The number of hydrogen-bond acceptors (Lipinski definition) is 3. The molecule has 0 aliphatic carbocycles. The summed E-state index contributed by atoms with van der Waals surface area (Å²) in [4.78, 5) is 14.0. The van der Waals surface area contributed by atoms with Crippen LogP contribution < -0.4 is 11.1 Å². The average molecular weight is 350 g/mol. The molecule has 0 spiro atoms. The van der Waals surface area contributed by atoms with Crippen LogP contribution in [0.2, 0.25) is 0 Å². The van der Waals surface area contributed by atoms with Gasteiger partial charge in [0.25, 0.3) is 0 Å². The molecule has 1 rings (SSSR count). The number of anilines is 1. The number of nitrogens with one attached hydrogen (secondary N) is 1. The van der Waals surface area contributed by atoms with Crippen molar-refractivity contribution >= 4 is 36.4 Å². The lowest BCUT2D eigenvalue weighted by Crippen LogP contribution is -2.37. The number of nitrogens with two attached hydrogens (primary N) is 1. The third-order valence-electron chi connectivity index (χ3n) is 3.81. The highest BCUT2D eigenvalue weighted by Gasteiger charge is 2.07. The number of nitrogens with zero attached hydrogens (tertiary/aromatic N) is 1. The van der Waals surface area contributed by atoms with Crippen LogP contribution in [-0.2, 0) is 11.2 Å². The molecule has 1 aromatic rings. The third kappa shape index (κ3) is 8.47. The minimum absolute atomic E-state index is 0. The number of carbonyl (C=O) groups excluding carboxylic acids is 1. The van der Waals surface area contributed by atoms with Gasteiger partial charge in [0.1, 0.15) is 0 Å². The molecule has 0 saturated heterocycles. The molecule has 22 heavy (non-hydrogen) atoms. The average Bonchev–Trinajstić information content (AvgIpc) is 2.45. The Hall–Kier alpha value is -0.970. The molecule has 0 aliphatic heterocycles. The second kappa shape index (κ2) is 12.6. The van der Waals surface area contributed by atoms with Crippen LogP contribution in [0.4, 0.5) is 5.69 Å².